The normalized spacial score (nSPS) is 12.7. The summed E-state index contributed by atoms with van der Waals surface area (Å²) in [6.45, 7) is 3.22. The molecule has 138 valence electrons. The molecule has 0 saturated carbocycles. The fraction of sp³-hybridized carbons (Fsp3) is 0.235. The van der Waals surface area contributed by atoms with Crippen LogP contribution in [0.1, 0.15) is 18.1 Å². The highest BCUT2D eigenvalue weighted by atomic mass is 35.5. The van der Waals surface area contributed by atoms with E-state index in [4.69, 9.17) is 11.6 Å². The molecule has 0 atom stereocenters. The minimum Gasteiger partial charge on any atom is -0.224 e. The van der Waals surface area contributed by atoms with Crippen molar-refractivity contribution in [2.75, 3.05) is 5.75 Å². The number of benzene rings is 2. The van der Waals surface area contributed by atoms with Crippen molar-refractivity contribution < 1.29 is 21.6 Å². The molecule has 0 aliphatic heterocycles. The van der Waals surface area contributed by atoms with Crippen molar-refractivity contribution in [3.05, 3.63) is 52.7 Å². The largest absolute Gasteiger partial charge is 0.416 e. The van der Waals surface area contributed by atoms with Gasteiger partial charge in [0.25, 0.3) is 0 Å². The molecule has 4 nitrogen and oxygen atoms in total. The van der Waals surface area contributed by atoms with E-state index in [9.17, 15) is 21.6 Å². The quantitative estimate of drug-likeness (QED) is 0.632. The van der Waals surface area contributed by atoms with E-state index in [2.05, 4.69) is 5.10 Å². The molecule has 0 fully saturated rings. The molecule has 0 unspecified atom stereocenters. The maximum atomic E-state index is 13.0. The van der Waals surface area contributed by atoms with Crippen molar-refractivity contribution >= 4 is 32.3 Å². The average Bonchev–Trinajstić information content (AvgIpc) is 2.89. The molecule has 0 spiro atoms. The Kier molecular flexibility index (Phi) is 4.52. The summed E-state index contributed by atoms with van der Waals surface area (Å²) in [6, 6.07) is 7.83. The van der Waals surface area contributed by atoms with Gasteiger partial charge in [0.2, 0.25) is 0 Å². The van der Waals surface area contributed by atoms with Crippen molar-refractivity contribution in [2.24, 2.45) is 0 Å². The molecule has 9 heteroatoms. The van der Waals surface area contributed by atoms with Crippen LogP contribution >= 0.6 is 11.6 Å². The van der Waals surface area contributed by atoms with E-state index in [1.54, 1.807) is 12.1 Å². The number of fused-ring (bicyclic) bond motifs is 1. The zero-order chi connectivity index (χ0) is 19.3. The van der Waals surface area contributed by atoms with E-state index in [-0.39, 0.29) is 16.6 Å². The fourth-order valence-corrected chi connectivity index (χ4v) is 3.97. The van der Waals surface area contributed by atoms with E-state index in [0.29, 0.717) is 17.0 Å². The van der Waals surface area contributed by atoms with Crippen molar-refractivity contribution in [1.82, 2.24) is 9.78 Å². The highest BCUT2D eigenvalue weighted by Crippen LogP contribution is 2.35. The number of aromatic nitrogens is 2. The van der Waals surface area contributed by atoms with Gasteiger partial charge in [0.1, 0.15) is 5.15 Å². The van der Waals surface area contributed by atoms with E-state index in [1.807, 2.05) is 13.0 Å². The smallest absolute Gasteiger partial charge is 0.224 e. The second-order valence-electron chi connectivity index (χ2n) is 5.81. The Balaban J connectivity index is 2.33. The molecule has 3 aromatic rings. The molecule has 0 saturated heterocycles. The van der Waals surface area contributed by atoms with Gasteiger partial charge >= 0.3 is 6.18 Å². The molecule has 1 aromatic heterocycles. The summed E-state index contributed by atoms with van der Waals surface area (Å²) >= 11 is 6.32. The summed E-state index contributed by atoms with van der Waals surface area (Å²) in [5, 5.41) is 5.00. The maximum absolute atomic E-state index is 13.0. The summed E-state index contributed by atoms with van der Waals surface area (Å²) in [7, 11) is -3.94. The minimum atomic E-state index is -4.66. The van der Waals surface area contributed by atoms with Crippen LogP contribution in [0.25, 0.3) is 16.6 Å². The molecular formula is C17H14ClF3N2O2S. The molecule has 0 N–H and O–H groups in total. The summed E-state index contributed by atoms with van der Waals surface area (Å²) in [5.41, 5.74) is 0.387. The highest BCUT2D eigenvalue weighted by Gasteiger charge is 2.33. The Hall–Kier alpha value is -2.06. The van der Waals surface area contributed by atoms with Gasteiger partial charge in [0, 0.05) is 5.39 Å². The molecule has 1 heterocycles. The second kappa shape index (κ2) is 6.28. The maximum Gasteiger partial charge on any atom is 0.416 e. The van der Waals surface area contributed by atoms with Gasteiger partial charge in [-0.25, -0.2) is 13.1 Å². The van der Waals surface area contributed by atoms with E-state index < -0.39 is 26.5 Å². The van der Waals surface area contributed by atoms with Gasteiger partial charge in [-0.3, -0.25) is 0 Å². The van der Waals surface area contributed by atoms with Crippen LogP contribution < -0.4 is 0 Å². The van der Waals surface area contributed by atoms with E-state index in [0.717, 1.165) is 22.4 Å². The van der Waals surface area contributed by atoms with Crippen LogP contribution in [0, 0.1) is 6.92 Å². The first-order chi connectivity index (χ1) is 12.0. The van der Waals surface area contributed by atoms with Crippen molar-refractivity contribution in [1.29, 1.82) is 0 Å². The van der Waals surface area contributed by atoms with Gasteiger partial charge in [-0.2, -0.15) is 18.3 Å². The number of aryl methyl sites for hydroxylation is 1. The number of hydrogen-bond donors (Lipinski definition) is 0. The molecule has 3 rings (SSSR count). The molecular weight excluding hydrogens is 389 g/mol. The van der Waals surface area contributed by atoms with E-state index >= 15 is 0 Å². The number of hydrogen-bond acceptors (Lipinski definition) is 3. The van der Waals surface area contributed by atoms with Crippen LogP contribution in [0.5, 0.6) is 0 Å². The van der Waals surface area contributed by atoms with Gasteiger partial charge in [-0.1, -0.05) is 24.6 Å². The molecule has 0 aliphatic rings. The molecule has 0 radical (unpaired) electrons. The predicted octanol–water partition coefficient (Wildman–Crippen LogP) is 4.80. The first-order valence-electron chi connectivity index (χ1n) is 7.64. The number of rotatable bonds is 3. The third-order valence-corrected chi connectivity index (χ3v) is 6.12. The lowest BCUT2D eigenvalue weighted by atomic mass is 10.2. The fourth-order valence-electron chi connectivity index (χ4n) is 2.59. The van der Waals surface area contributed by atoms with Crippen LogP contribution in [0.2, 0.25) is 5.15 Å². The topological polar surface area (TPSA) is 52.0 Å². The monoisotopic (exact) mass is 402 g/mol. The highest BCUT2D eigenvalue weighted by molar-refractivity contribution is 7.91. The molecule has 26 heavy (non-hydrogen) atoms. The lowest BCUT2D eigenvalue weighted by molar-refractivity contribution is -0.137. The molecule has 0 amide bonds. The third-order valence-electron chi connectivity index (χ3n) is 4.00. The number of nitrogens with zero attached hydrogens (tertiary/aromatic N) is 2. The van der Waals surface area contributed by atoms with Crippen molar-refractivity contribution in [3.63, 3.8) is 0 Å². The Bertz CT molecular complexity index is 1110. The average molecular weight is 403 g/mol. The van der Waals surface area contributed by atoms with Gasteiger partial charge in [0.15, 0.2) is 9.84 Å². The SMILES string of the molecule is CCS(=O)(=O)c1cc(C(F)(F)F)ccc1-n1nc2cc(C)ccc2c1Cl. The minimum absolute atomic E-state index is 0.0151. The second-order valence-corrected chi connectivity index (χ2v) is 8.41. The van der Waals surface area contributed by atoms with Gasteiger partial charge in [0.05, 0.1) is 27.4 Å². The number of sulfone groups is 1. The van der Waals surface area contributed by atoms with Crippen LogP contribution in [0.4, 0.5) is 13.2 Å². The van der Waals surface area contributed by atoms with Crippen LogP contribution in [-0.2, 0) is 16.0 Å². The Morgan fingerprint density at radius 2 is 1.85 bits per heavy atom. The lowest BCUT2D eigenvalue weighted by Gasteiger charge is -2.14. The first-order valence-corrected chi connectivity index (χ1v) is 9.67. The molecule has 2 aromatic carbocycles. The Morgan fingerprint density at radius 1 is 1.15 bits per heavy atom. The van der Waals surface area contributed by atoms with Crippen LogP contribution in [0.3, 0.4) is 0 Å². The number of alkyl halides is 3. The zero-order valence-corrected chi connectivity index (χ0v) is 15.4. The standard InChI is InChI=1S/C17H14ClF3N2O2S/c1-3-26(24,25)15-9-11(17(19,20)21)5-7-14(15)23-16(18)12-6-4-10(2)8-13(12)22-23/h4-9H,3H2,1-2H3. The summed E-state index contributed by atoms with van der Waals surface area (Å²) in [4.78, 5) is -0.457. The Morgan fingerprint density at radius 3 is 2.46 bits per heavy atom. The zero-order valence-electron chi connectivity index (χ0n) is 13.8. The van der Waals surface area contributed by atoms with Crippen molar-refractivity contribution in [3.8, 4) is 5.69 Å². The predicted molar refractivity (Wildman–Crippen MR) is 93.5 cm³/mol. The summed E-state index contributed by atoms with van der Waals surface area (Å²) in [5.74, 6) is -0.348. The number of halogens is 4. The Labute approximate surface area is 153 Å². The first kappa shape index (κ1) is 18.7. The van der Waals surface area contributed by atoms with Crippen LogP contribution in [0.15, 0.2) is 41.3 Å². The van der Waals surface area contributed by atoms with Gasteiger partial charge < -0.3 is 0 Å². The van der Waals surface area contributed by atoms with Crippen molar-refractivity contribution in [2.45, 2.75) is 24.9 Å². The van der Waals surface area contributed by atoms with Gasteiger partial charge in [-0.15, -0.1) is 0 Å². The van der Waals surface area contributed by atoms with Crippen LogP contribution in [-0.4, -0.2) is 24.0 Å². The summed E-state index contributed by atoms with van der Waals surface area (Å²) in [6.07, 6.45) is -4.66. The summed E-state index contributed by atoms with van der Waals surface area (Å²) < 4.78 is 65.1. The van der Waals surface area contributed by atoms with E-state index in [1.165, 1.54) is 6.92 Å². The molecule has 0 bridgehead atoms. The molecule has 0 aliphatic carbocycles. The third kappa shape index (κ3) is 3.19. The lowest BCUT2D eigenvalue weighted by Crippen LogP contribution is -2.13. The van der Waals surface area contributed by atoms with Gasteiger partial charge in [-0.05, 0) is 42.8 Å².